The Kier molecular flexibility index (Phi) is 2.98. The van der Waals surface area contributed by atoms with E-state index in [9.17, 15) is 10.1 Å². The van der Waals surface area contributed by atoms with Gasteiger partial charge in [0.1, 0.15) is 11.6 Å². The van der Waals surface area contributed by atoms with Gasteiger partial charge in [0, 0.05) is 20.1 Å². The maximum atomic E-state index is 11.0. The lowest BCUT2D eigenvalue weighted by molar-refractivity contribution is -0.384. The maximum Gasteiger partial charge on any atom is 0.276 e. The van der Waals surface area contributed by atoms with Crippen LogP contribution in [0.4, 0.5) is 17.3 Å². The van der Waals surface area contributed by atoms with Crippen LogP contribution in [0.3, 0.4) is 0 Å². The van der Waals surface area contributed by atoms with Crippen LogP contribution in [0.2, 0.25) is 0 Å². The molecule has 2 saturated heterocycles. The predicted molar refractivity (Wildman–Crippen MR) is 70.5 cm³/mol. The standard InChI is InChI=1S/C12H16N4O3/c1-13-11-4-8(16(17)18)5-12(14-11)15-6-9-2-3-10(7-15)19-9/h4-5,9-10H,2-3,6-7H2,1H3,(H,13,14). The molecule has 7 heteroatoms. The van der Waals surface area contributed by atoms with E-state index in [0.29, 0.717) is 11.6 Å². The molecule has 0 saturated carbocycles. The van der Waals surface area contributed by atoms with Gasteiger partial charge in [-0.3, -0.25) is 10.1 Å². The van der Waals surface area contributed by atoms with E-state index in [0.717, 1.165) is 25.9 Å². The van der Waals surface area contributed by atoms with Gasteiger partial charge in [0.15, 0.2) is 0 Å². The van der Waals surface area contributed by atoms with Gasteiger partial charge < -0.3 is 15.0 Å². The quantitative estimate of drug-likeness (QED) is 0.656. The molecule has 2 aliphatic heterocycles. The molecule has 3 heterocycles. The van der Waals surface area contributed by atoms with Crippen molar-refractivity contribution in [2.75, 3.05) is 30.4 Å². The molecule has 0 radical (unpaired) electrons. The van der Waals surface area contributed by atoms with Crippen LogP contribution < -0.4 is 10.2 Å². The summed E-state index contributed by atoms with van der Waals surface area (Å²) in [6.45, 7) is 1.52. The third-order valence-electron chi connectivity index (χ3n) is 3.63. The van der Waals surface area contributed by atoms with E-state index in [1.165, 1.54) is 12.1 Å². The molecule has 0 aliphatic carbocycles. The number of fused-ring (bicyclic) bond motifs is 2. The lowest BCUT2D eigenvalue weighted by Crippen LogP contribution is -2.43. The summed E-state index contributed by atoms with van der Waals surface area (Å²) in [6.07, 6.45) is 2.60. The molecule has 0 spiro atoms. The number of nitrogens with one attached hydrogen (secondary N) is 1. The van der Waals surface area contributed by atoms with Crippen LogP contribution in [-0.2, 0) is 4.74 Å². The number of morpholine rings is 1. The Morgan fingerprint density at radius 3 is 2.68 bits per heavy atom. The molecule has 2 bridgehead atoms. The fourth-order valence-electron chi connectivity index (χ4n) is 2.70. The van der Waals surface area contributed by atoms with Gasteiger partial charge in [0.2, 0.25) is 0 Å². The van der Waals surface area contributed by atoms with Gasteiger partial charge in [-0.15, -0.1) is 0 Å². The first-order chi connectivity index (χ1) is 9.15. The Morgan fingerprint density at radius 1 is 1.42 bits per heavy atom. The highest BCUT2D eigenvalue weighted by molar-refractivity contribution is 5.56. The summed E-state index contributed by atoms with van der Waals surface area (Å²) in [7, 11) is 1.71. The normalized spacial score (nSPS) is 25.4. The molecule has 1 aromatic rings. The molecule has 2 unspecified atom stereocenters. The fourth-order valence-corrected chi connectivity index (χ4v) is 2.70. The Morgan fingerprint density at radius 2 is 2.11 bits per heavy atom. The highest BCUT2D eigenvalue weighted by Crippen LogP contribution is 2.31. The number of rotatable bonds is 3. The first-order valence-corrected chi connectivity index (χ1v) is 6.40. The molecule has 3 rings (SSSR count). The molecule has 7 nitrogen and oxygen atoms in total. The van der Waals surface area contributed by atoms with E-state index in [1.807, 2.05) is 0 Å². The molecule has 102 valence electrons. The van der Waals surface area contributed by atoms with Crippen LogP contribution >= 0.6 is 0 Å². The first-order valence-electron chi connectivity index (χ1n) is 6.40. The second kappa shape index (κ2) is 4.65. The molecule has 19 heavy (non-hydrogen) atoms. The third-order valence-corrected chi connectivity index (χ3v) is 3.63. The number of hydrogen-bond acceptors (Lipinski definition) is 6. The Hall–Kier alpha value is -1.89. The number of ether oxygens (including phenoxy) is 1. The van der Waals surface area contributed by atoms with Crippen molar-refractivity contribution in [3.8, 4) is 0 Å². The number of aromatic nitrogens is 1. The summed E-state index contributed by atoms with van der Waals surface area (Å²) in [5.74, 6) is 1.17. The third kappa shape index (κ3) is 2.33. The van der Waals surface area contributed by atoms with Crippen LogP contribution in [0.5, 0.6) is 0 Å². The zero-order valence-corrected chi connectivity index (χ0v) is 10.7. The van der Waals surface area contributed by atoms with Crippen molar-refractivity contribution in [3.05, 3.63) is 22.2 Å². The van der Waals surface area contributed by atoms with Gasteiger partial charge in [0.05, 0.1) is 29.3 Å². The minimum absolute atomic E-state index is 0.0631. The van der Waals surface area contributed by atoms with Gasteiger partial charge in [-0.1, -0.05) is 0 Å². The van der Waals surface area contributed by atoms with Crippen molar-refractivity contribution in [3.63, 3.8) is 0 Å². The summed E-state index contributed by atoms with van der Waals surface area (Å²) >= 11 is 0. The van der Waals surface area contributed by atoms with E-state index < -0.39 is 0 Å². The van der Waals surface area contributed by atoms with Crippen molar-refractivity contribution >= 4 is 17.3 Å². The van der Waals surface area contributed by atoms with Crippen LogP contribution in [0.15, 0.2) is 12.1 Å². The highest BCUT2D eigenvalue weighted by atomic mass is 16.6. The molecule has 1 aromatic heterocycles. The fraction of sp³-hybridized carbons (Fsp3) is 0.583. The van der Waals surface area contributed by atoms with Crippen LogP contribution in [0, 0.1) is 10.1 Å². The Labute approximate surface area is 110 Å². The Balaban J connectivity index is 1.91. The minimum Gasteiger partial charge on any atom is -0.373 e. The summed E-state index contributed by atoms with van der Waals surface area (Å²) in [5.41, 5.74) is 0.0631. The maximum absolute atomic E-state index is 11.0. The lowest BCUT2D eigenvalue weighted by Gasteiger charge is -2.33. The average Bonchev–Trinajstić information content (AvgIpc) is 2.76. The van der Waals surface area contributed by atoms with Crippen molar-refractivity contribution < 1.29 is 9.66 Å². The van der Waals surface area contributed by atoms with Crippen LogP contribution in [0.1, 0.15) is 12.8 Å². The second-order valence-corrected chi connectivity index (χ2v) is 4.94. The monoisotopic (exact) mass is 264 g/mol. The number of nitrogens with zero attached hydrogens (tertiary/aromatic N) is 3. The first kappa shape index (κ1) is 12.2. The van der Waals surface area contributed by atoms with Gasteiger partial charge in [-0.05, 0) is 12.8 Å². The molecule has 1 N–H and O–H groups in total. The smallest absolute Gasteiger partial charge is 0.276 e. The topological polar surface area (TPSA) is 80.5 Å². The molecular formula is C12H16N4O3. The summed E-state index contributed by atoms with van der Waals surface area (Å²) in [5, 5.41) is 13.8. The molecule has 0 aromatic carbocycles. The number of pyridine rings is 1. The number of hydrogen-bond donors (Lipinski definition) is 1. The molecule has 0 amide bonds. The molecular weight excluding hydrogens is 248 g/mol. The van der Waals surface area contributed by atoms with Crippen molar-refractivity contribution in [2.45, 2.75) is 25.0 Å². The Bertz CT molecular complexity index is 496. The van der Waals surface area contributed by atoms with Gasteiger partial charge in [0.25, 0.3) is 5.69 Å². The number of nitro groups is 1. The van der Waals surface area contributed by atoms with Gasteiger partial charge >= 0.3 is 0 Å². The van der Waals surface area contributed by atoms with Crippen LogP contribution in [0.25, 0.3) is 0 Å². The van der Waals surface area contributed by atoms with Crippen molar-refractivity contribution in [1.82, 2.24) is 4.98 Å². The predicted octanol–water partition coefficient (Wildman–Crippen LogP) is 1.40. The van der Waals surface area contributed by atoms with E-state index in [2.05, 4.69) is 15.2 Å². The highest BCUT2D eigenvalue weighted by Gasteiger charge is 2.34. The minimum atomic E-state index is -0.388. The average molecular weight is 264 g/mol. The summed E-state index contributed by atoms with van der Waals surface area (Å²) in [4.78, 5) is 17.1. The molecule has 2 atom stereocenters. The number of anilines is 2. The van der Waals surface area contributed by atoms with E-state index in [-0.39, 0.29) is 22.8 Å². The van der Waals surface area contributed by atoms with Crippen molar-refractivity contribution in [1.29, 1.82) is 0 Å². The van der Waals surface area contributed by atoms with E-state index in [4.69, 9.17) is 4.74 Å². The summed E-state index contributed by atoms with van der Waals surface area (Å²) < 4.78 is 5.76. The lowest BCUT2D eigenvalue weighted by atomic mass is 10.2. The zero-order valence-electron chi connectivity index (χ0n) is 10.7. The van der Waals surface area contributed by atoms with Crippen molar-refractivity contribution in [2.24, 2.45) is 0 Å². The zero-order chi connectivity index (χ0) is 13.4. The SMILES string of the molecule is CNc1cc([N+](=O)[O-])cc(N2CC3CCC(C2)O3)n1. The largest absolute Gasteiger partial charge is 0.373 e. The molecule has 2 aliphatic rings. The second-order valence-electron chi connectivity index (χ2n) is 4.94. The van der Waals surface area contributed by atoms with Crippen LogP contribution in [-0.4, -0.2) is 42.3 Å². The van der Waals surface area contributed by atoms with E-state index in [1.54, 1.807) is 7.05 Å². The molecule has 2 fully saturated rings. The summed E-state index contributed by atoms with van der Waals surface area (Å²) in [6, 6.07) is 2.98. The van der Waals surface area contributed by atoms with Gasteiger partial charge in [-0.2, -0.15) is 0 Å². The van der Waals surface area contributed by atoms with E-state index >= 15 is 0 Å². The van der Waals surface area contributed by atoms with Gasteiger partial charge in [-0.25, -0.2) is 4.98 Å².